The molecule has 0 aliphatic carbocycles. The summed E-state index contributed by atoms with van der Waals surface area (Å²) in [7, 11) is 0. The van der Waals surface area contributed by atoms with Crippen LogP contribution in [0, 0.1) is 0 Å². The van der Waals surface area contributed by atoms with Crippen LogP contribution in [0.3, 0.4) is 0 Å². The Hall–Kier alpha value is -2.39. The first-order valence-corrected chi connectivity index (χ1v) is 10.0. The molecule has 0 unspecified atom stereocenters. The second-order valence-electron chi connectivity index (χ2n) is 6.17. The highest BCUT2D eigenvalue weighted by Gasteiger charge is 2.05. The molecule has 0 bridgehead atoms. The molecular weight excluding hydrogens is 338 g/mol. The summed E-state index contributed by atoms with van der Waals surface area (Å²) < 4.78 is 5.70. The van der Waals surface area contributed by atoms with E-state index in [9.17, 15) is 0 Å². The lowest BCUT2D eigenvalue weighted by atomic mass is 10.0. The van der Waals surface area contributed by atoms with Crippen molar-refractivity contribution in [2.75, 3.05) is 6.61 Å². The summed E-state index contributed by atoms with van der Waals surface area (Å²) >= 11 is 1.79. The lowest BCUT2D eigenvalue weighted by molar-refractivity contribution is 0.362. The second-order valence-corrected chi connectivity index (χ2v) is 7.29. The van der Waals surface area contributed by atoms with Gasteiger partial charge >= 0.3 is 0 Å². The van der Waals surface area contributed by atoms with Gasteiger partial charge in [-0.15, -0.1) is 11.3 Å². The van der Waals surface area contributed by atoms with Gasteiger partial charge in [-0.3, -0.25) is 0 Å². The third-order valence-corrected chi connectivity index (χ3v) is 5.22. The Balaban J connectivity index is 1.66. The van der Waals surface area contributed by atoms with Crippen LogP contribution in [0.2, 0.25) is 0 Å². The molecule has 0 N–H and O–H groups in total. The third-order valence-electron chi connectivity index (χ3n) is 4.12. The Labute approximate surface area is 160 Å². The number of allylic oxidation sites excluding steroid dienone is 1. The SMILES string of the molecule is CCC=CCOc1ccc(-c2ccc(-c3ncc(CCC)s3)cc2)cc1. The minimum absolute atomic E-state index is 0.621. The molecule has 0 saturated carbocycles. The van der Waals surface area contributed by atoms with Crippen LogP contribution in [0.1, 0.15) is 31.6 Å². The summed E-state index contributed by atoms with van der Waals surface area (Å²) in [6.45, 7) is 4.94. The highest BCUT2D eigenvalue weighted by molar-refractivity contribution is 7.15. The van der Waals surface area contributed by atoms with Crippen LogP contribution in [-0.2, 0) is 6.42 Å². The van der Waals surface area contributed by atoms with Crippen molar-refractivity contribution in [3.8, 4) is 27.4 Å². The van der Waals surface area contributed by atoms with Crippen molar-refractivity contribution in [2.45, 2.75) is 33.1 Å². The fourth-order valence-electron chi connectivity index (χ4n) is 2.73. The van der Waals surface area contributed by atoms with E-state index in [1.165, 1.54) is 21.6 Å². The normalized spacial score (nSPS) is 11.2. The van der Waals surface area contributed by atoms with Crippen LogP contribution in [0.5, 0.6) is 5.75 Å². The molecule has 2 nitrogen and oxygen atoms in total. The maximum Gasteiger partial charge on any atom is 0.123 e. The first-order valence-electron chi connectivity index (χ1n) is 9.23. The zero-order valence-corrected chi connectivity index (χ0v) is 16.3. The van der Waals surface area contributed by atoms with E-state index < -0.39 is 0 Å². The maximum absolute atomic E-state index is 5.70. The highest BCUT2D eigenvalue weighted by atomic mass is 32.1. The Morgan fingerprint density at radius 1 is 0.885 bits per heavy atom. The number of hydrogen-bond acceptors (Lipinski definition) is 3. The molecule has 0 spiro atoms. The molecule has 0 saturated heterocycles. The number of benzene rings is 2. The molecular formula is C23H25NOS. The van der Waals surface area contributed by atoms with Gasteiger partial charge in [0.15, 0.2) is 0 Å². The number of aromatic nitrogens is 1. The minimum Gasteiger partial charge on any atom is -0.490 e. The monoisotopic (exact) mass is 363 g/mol. The number of rotatable bonds is 8. The molecule has 134 valence electrons. The molecule has 3 aromatic rings. The van der Waals surface area contributed by atoms with Crippen molar-refractivity contribution in [1.82, 2.24) is 4.98 Å². The van der Waals surface area contributed by atoms with E-state index in [-0.39, 0.29) is 0 Å². The summed E-state index contributed by atoms with van der Waals surface area (Å²) in [5.74, 6) is 0.900. The Bertz CT molecular complexity index is 831. The van der Waals surface area contributed by atoms with E-state index in [1.807, 2.05) is 18.3 Å². The predicted octanol–water partition coefficient (Wildman–Crippen LogP) is 6.77. The quantitative estimate of drug-likeness (QED) is 0.412. The molecule has 3 heteroatoms. The highest BCUT2D eigenvalue weighted by Crippen LogP contribution is 2.29. The number of ether oxygens (including phenoxy) is 1. The van der Waals surface area contributed by atoms with E-state index in [2.05, 4.69) is 67.4 Å². The smallest absolute Gasteiger partial charge is 0.123 e. The minimum atomic E-state index is 0.621. The fourth-order valence-corrected chi connectivity index (χ4v) is 3.75. The summed E-state index contributed by atoms with van der Waals surface area (Å²) in [5, 5.41) is 1.10. The van der Waals surface area contributed by atoms with E-state index in [0.717, 1.165) is 30.0 Å². The van der Waals surface area contributed by atoms with Gasteiger partial charge in [-0.2, -0.15) is 0 Å². The molecule has 3 rings (SSSR count). The molecule has 0 aliphatic rings. The second kappa shape index (κ2) is 9.35. The van der Waals surface area contributed by atoms with Gasteiger partial charge < -0.3 is 4.74 Å². The number of thiazole rings is 1. The van der Waals surface area contributed by atoms with Crippen LogP contribution in [0.4, 0.5) is 0 Å². The molecule has 1 aromatic heterocycles. The molecule has 2 aromatic carbocycles. The van der Waals surface area contributed by atoms with Crippen LogP contribution >= 0.6 is 11.3 Å². The number of nitrogens with zero attached hydrogens (tertiary/aromatic N) is 1. The van der Waals surface area contributed by atoms with Crippen molar-refractivity contribution >= 4 is 11.3 Å². The largest absolute Gasteiger partial charge is 0.490 e. The molecule has 0 atom stereocenters. The number of aryl methyl sites for hydroxylation is 1. The van der Waals surface area contributed by atoms with Gasteiger partial charge in [0.1, 0.15) is 17.4 Å². The van der Waals surface area contributed by atoms with Crippen LogP contribution in [0.15, 0.2) is 66.9 Å². The average molecular weight is 364 g/mol. The molecule has 0 radical (unpaired) electrons. The number of hydrogen-bond donors (Lipinski definition) is 0. The summed E-state index contributed by atoms with van der Waals surface area (Å²) in [6.07, 6.45) is 9.49. The zero-order valence-electron chi connectivity index (χ0n) is 15.4. The maximum atomic E-state index is 5.70. The van der Waals surface area contributed by atoms with Gasteiger partial charge in [-0.1, -0.05) is 68.8 Å². The van der Waals surface area contributed by atoms with E-state index >= 15 is 0 Å². The van der Waals surface area contributed by atoms with Gasteiger partial charge in [-0.05, 0) is 36.1 Å². The van der Waals surface area contributed by atoms with Crippen molar-refractivity contribution in [2.24, 2.45) is 0 Å². The van der Waals surface area contributed by atoms with Crippen LogP contribution in [0.25, 0.3) is 21.7 Å². The lowest BCUT2D eigenvalue weighted by Crippen LogP contribution is -1.92. The van der Waals surface area contributed by atoms with Gasteiger partial charge in [0.05, 0.1) is 0 Å². The summed E-state index contributed by atoms with van der Waals surface area (Å²) in [5.41, 5.74) is 3.58. The van der Waals surface area contributed by atoms with E-state index in [0.29, 0.717) is 6.61 Å². The first kappa shape index (κ1) is 18.4. The summed E-state index contributed by atoms with van der Waals surface area (Å²) in [4.78, 5) is 5.91. The van der Waals surface area contributed by atoms with E-state index in [4.69, 9.17) is 4.74 Å². The summed E-state index contributed by atoms with van der Waals surface area (Å²) in [6, 6.07) is 16.9. The Morgan fingerprint density at radius 2 is 1.54 bits per heavy atom. The molecule has 0 aliphatic heterocycles. The average Bonchev–Trinajstić information content (AvgIpc) is 3.15. The van der Waals surface area contributed by atoms with Crippen molar-refractivity contribution in [3.63, 3.8) is 0 Å². The molecule has 26 heavy (non-hydrogen) atoms. The lowest BCUT2D eigenvalue weighted by Gasteiger charge is -2.06. The molecule has 0 fully saturated rings. The Morgan fingerprint density at radius 3 is 2.19 bits per heavy atom. The van der Waals surface area contributed by atoms with Crippen LogP contribution < -0.4 is 4.74 Å². The Kier molecular flexibility index (Phi) is 6.62. The van der Waals surface area contributed by atoms with Crippen molar-refractivity contribution in [3.05, 3.63) is 71.8 Å². The van der Waals surface area contributed by atoms with Gasteiger partial charge in [0.25, 0.3) is 0 Å². The van der Waals surface area contributed by atoms with E-state index in [1.54, 1.807) is 11.3 Å². The topological polar surface area (TPSA) is 22.1 Å². The van der Waals surface area contributed by atoms with Gasteiger partial charge in [0, 0.05) is 16.6 Å². The fraction of sp³-hybridized carbons (Fsp3) is 0.261. The molecule has 0 amide bonds. The van der Waals surface area contributed by atoms with Gasteiger partial charge in [0.2, 0.25) is 0 Å². The van der Waals surface area contributed by atoms with Gasteiger partial charge in [-0.25, -0.2) is 4.98 Å². The van der Waals surface area contributed by atoms with Crippen molar-refractivity contribution in [1.29, 1.82) is 0 Å². The first-order chi connectivity index (χ1) is 12.8. The third kappa shape index (κ3) is 4.83. The zero-order chi connectivity index (χ0) is 18.2. The standard InChI is InChI=1S/C23H25NOS/c1-3-5-6-16-25-21-14-12-19(13-15-21)18-8-10-20(11-9-18)23-24-17-22(26-23)7-4-2/h5-6,8-15,17H,3-4,7,16H2,1-2H3. The predicted molar refractivity (Wildman–Crippen MR) is 112 cm³/mol. The van der Waals surface area contributed by atoms with Crippen LogP contribution in [-0.4, -0.2) is 11.6 Å². The van der Waals surface area contributed by atoms with Crippen molar-refractivity contribution < 1.29 is 4.74 Å². The molecule has 1 heterocycles.